The van der Waals surface area contributed by atoms with Crippen molar-refractivity contribution in [1.82, 2.24) is 5.32 Å². The number of rotatable bonds is 19. The third kappa shape index (κ3) is 13.0. The molecule has 1 rings (SSSR count). The maximum Gasteiger partial charge on any atom is 0.498 e. The lowest BCUT2D eigenvalue weighted by Gasteiger charge is -2.42. The van der Waals surface area contributed by atoms with Crippen LogP contribution < -0.4 is 5.32 Å². The zero-order chi connectivity index (χ0) is 24.8. The predicted octanol–water partition coefficient (Wildman–Crippen LogP) is 2.17. The van der Waals surface area contributed by atoms with E-state index in [-0.39, 0.29) is 38.5 Å². The van der Waals surface area contributed by atoms with Gasteiger partial charge in [-0.2, -0.15) is 8.42 Å². The average molecular weight is 514 g/mol. The molecule has 33 heavy (non-hydrogen) atoms. The Labute approximate surface area is 202 Å². The molecule has 1 saturated heterocycles. The third-order valence-corrected chi connectivity index (χ3v) is 9.55. The van der Waals surface area contributed by atoms with Crippen LogP contribution in [0.4, 0.5) is 0 Å². The van der Waals surface area contributed by atoms with Gasteiger partial charge in [0.2, 0.25) is 0 Å². The fourth-order valence-corrected chi connectivity index (χ4v) is 6.76. The summed E-state index contributed by atoms with van der Waals surface area (Å²) in [6, 6.07) is 0.494. The zero-order valence-corrected chi connectivity index (χ0v) is 22.9. The van der Waals surface area contributed by atoms with Crippen LogP contribution in [0.5, 0.6) is 0 Å². The summed E-state index contributed by atoms with van der Waals surface area (Å²) >= 11 is 0. The number of hydrogen-bond donors (Lipinski definition) is 4. The SMILES string of the molecule is CCCCCC[N+](C)(CCCCC)CCC[Si]1(O)OCC(CO)(NCCCS(=O)(=O)O)CO1. The molecule has 11 heteroatoms. The maximum atomic E-state index is 10.9. The Balaban J connectivity index is 2.49. The third-order valence-electron chi connectivity index (χ3n) is 6.57. The number of aliphatic hydroxyl groups excluding tert-OH is 1. The van der Waals surface area contributed by atoms with Gasteiger partial charge in [0.15, 0.2) is 0 Å². The first-order chi connectivity index (χ1) is 15.5. The summed E-state index contributed by atoms with van der Waals surface area (Å²) in [5, 5.41) is 12.9. The van der Waals surface area contributed by atoms with Gasteiger partial charge in [0.1, 0.15) is 0 Å². The van der Waals surface area contributed by atoms with Crippen LogP contribution in [0.1, 0.15) is 71.6 Å². The van der Waals surface area contributed by atoms with E-state index in [4.69, 9.17) is 13.4 Å². The van der Waals surface area contributed by atoms with Crippen molar-refractivity contribution in [3.8, 4) is 0 Å². The van der Waals surface area contributed by atoms with Crippen molar-refractivity contribution in [3.05, 3.63) is 0 Å². The van der Waals surface area contributed by atoms with Crippen molar-refractivity contribution < 1.29 is 36.2 Å². The van der Waals surface area contributed by atoms with Gasteiger partial charge in [-0.15, -0.1) is 0 Å². The van der Waals surface area contributed by atoms with E-state index in [2.05, 4.69) is 26.2 Å². The standard InChI is InChI=1S/C22H48N2O7SSi/c1-4-6-8-10-15-24(3,14-9-7-5-2)16-12-18-33(29)30-20-22(19-25,21-31-33)23-13-11-17-32(26,27)28/h23,25,29H,4-21H2,1-3H3/p+1. The van der Waals surface area contributed by atoms with E-state index >= 15 is 0 Å². The molecule has 9 nitrogen and oxygen atoms in total. The van der Waals surface area contributed by atoms with Gasteiger partial charge >= 0.3 is 8.80 Å². The molecule has 0 aromatic rings. The predicted molar refractivity (Wildman–Crippen MR) is 133 cm³/mol. The Morgan fingerprint density at radius 1 is 0.939 bits per heavy atom. The van der Waals surface area contributed by atoms with Crippen LogP contribution in [-0.4, -0.2) is 100 Å². The number of nitrogens with one attached hydrogen (secondary N) is 1. The summed E-state index contributed by atoms with van der Waals surface area (Å²) in [6.07, 6.45) is 9.71. The van der Waals surface area contributed by atoms with Gasteiger partial charge in [-0.3, -0.25) is 4.55 Å². The van der Waals surface area contributed by atoms with Gasteiger partial charge in [0, 0.05) is 12.5 Å². The van der Waals surface area contributed by atoms with Gasteiger partial charge < -0.3 is 28.6 Å². The van der Waals surface area contributed by atoms with Gasteiger partial charge in [-0.05, 0) is 38.6 Å². The second-order valence-corrected chi connectivity index (χ2v) is 14.0. The lowest BCUT2D eigenvalue weighted by molar-refractivity contribution is -0.910. The molecule has 198 valence electrons. The highest BCUT2D eigenvalue weighted by atomic mass is 32.2. The zero-order valence-electron chi connectivity index (χ0n) is 21.1. The van der Waals surface area contributed by atoms with Gasteiger partial charge in [-0.1, -0.05) is 33.1 Å². The van der Waals surface area contributed by atoms with Gasteiger partial charge in [0.05, 0.1) is 57.8 Å². The highest BCUT2D eigenvalue weighted by molar-refractivity contribution is 7.85. The lowest BCUT2D eigenvalue weighted by Crippen LogP contribution is -2.65. The summed E-state index contributed by atoms with van der Waals surface area (Å²) < 4.78 is 43.1. The van der Waals surface area contributed by atoms with Crippen LogP contribution in [0.3, 0.4) is 0 Å². The highest BCUT2D eigenvalue weighted by Gasteiger charge is 2.47. The number of quaternary nitrogens is 1. The van der Waals surface area contributed by atoms with Crippen molar-refractivity contribution >= 4 is 18.9 Å². The summed E-state index contributed by atoms with van der Waals surface area (Å²) in [7, 11) is -4.99. The smallest absolute Gasteiger partial charge is 0.394 e. The monoisotopic (exact) mass is 513 g/mol. The largest absolute Gasteiger partial charge is 0.498 e. The molecule has 0 saturated carbocycles. The van der Waals surface area contributed by atoms with Gasteiger partial charge in [0.25, 0.3) is 10.1 Å². The topological polar surface area (TPSA) is 125 Å². The van der Waals surface area contributed by atoms with E-state index < -0.39 is 24.5 Å². The molecular formula is C22H49N2O7SSi+. The Bertz CT molecular complexity index is 630. The summed E-state index contributed by atoms with van der Waals surface area (Å²) in [4.78, 5) is 10.9. The molecule has 0 aromatic carbocycles. The van der Waals surface area contributed by atoms with Crippen LogP contribution in [0.2, 0.25) is 6.04 Å². The number of unbranched alkanes of at least 4 members (excludes halogenated alkanes) is 5. The molecule has 4 N–H and O–H groups in total. The molecule has 0 amide bonds. The Hall–Kier alpha value is -0.113. The highest BCUT2D eigenvalue weighted by Crippen LogP contribution is 2.24. The first-order valence-electron chi connectivity index (χ1n) is 12.7. The molecule has 1 atom stereocenters. The number of aliphatic hydroxyl groups is 1. The molecule has 0 bridgehead atoms. The normalized spacial score (nSPS) is 25.8. The summed E-state index contributed by atoms with van der Waals surface area (Å²) in [5.41, 5.74) is -0.873. The van der Waals surface area contributed by atoms with E-state index in [0.29, 0.717) is 6.04 Å². The molecule has 0 spiro atoms. The van der Waals surface area contributed by atoms with Crippen molar-refractivity contribution in [2.75, 3.05) is 58.8 Å². The fraction of sp³-hybridized carbons (Fsp3) is 1.00. The summed E-state index contributed by atoms with van der Waals surface area (Å²) in [5.74, 6) is -0.352. The van der Waals surface area contributed by atoms with E-state index in [1.165, 1.54) is 44.9 Å². The molecule has 1 aliphatic rings. The Kier molecular flexibility index (Phi) is 14.1. The van der Waals surface area contributed by atoms with Crippen LogP contribution in [0.25, 0.3) is 0 Å². The van der Waals surface area contributed by atoms with Crippen LogP contribution >= 0.6 is 0 Å². The van der Waals surface area contributed by atoms with Crippen LogP contribution in [-0.2, 0) is 19.0 Å². The van der Waals surface area contributed by atoms with Crippen molar-refractivity contribution in [3.63, 3.8) is 0 Å². The molecule has 0 aromatic heterocycles. The van der Waals surface area contributed by atoms with E-state index in [1.807, 2.05) is 0 Å². The molecular weight excluding hydrogens is 464 g/mol. The second-order valence-electron chi connectivity index (χ2n) is 9.96. The number of nitrogens with zero attached hydrogens (tertiary/aromatic N) is 1. The minimum atomic E-state index is -4.01. The van der Waals surface area contributed by atoms with E-state index in [1.54, 1.807) is 0 Å². The molecule has 0 aliphatic carbocycles. The summed E-state index contributed by atoms with van der Waals surface area (Å²) in [6.45, 7) is 7.99. The Morgan fingerprint density at radius 3 is 2.03 bits per heavy atom. The quantitative estimate of drug-likeness (QED) is 0.0896. The molecule has 0 radical (unpaired) electrons. The van der Waals surface area contributed by atoms with Crippen molar-refractivity contribution in [2.45, 2.75) is 83.2 Å². The maximum absolute atomic E-state index is 10.9. The molecule has 1 heterocycles. The van der Waals surface area contributed by atoms with Crippen LogP contribution in [0.15, 0.2) is 0 Å². The lowest BCUT2D eigenvalue weighted by atomic mass is 10.0. The first kappa shape index (κ1) is 30.9. The van der Waals surface area contributed by atoms with E-state index in [0.717, 1.165) is 30.5 Å². The Morgan fingerprint density at radius 2 is 1.48 bits per heavy atom. The molecule has 1 aliphatic heterocycles. The minimum absolute atomic E-state index is 0.109. The second kappa shape index (κ2) is 15.1. The minimum Gasteiger partial charge on any atom is -0.394 e. The van der Waals surface area contributed by atoms with E-state index in [9.17, 15) is 18.3 Å². The molecule has 1 fully saturated rings. The molecule has 1 unspecified atom stereocenters. The number of hydrogen-bond acceptors (Lipinski definition) is 7. The fourth-order valence-electron chi connectivity index (χ4n) is 4.27. The first-order valence-corrected chi connectivity index (χ1v) is 16.2. The van der Waals surface area contributed by atoms with Crippen LogP contribution in [0, 0.1) is 0 Å². The average Bonchev–Trinajstić information content (AvgIpc) is 2.76. The van der Waals surface area contributed by atoms with Crippen molar-refractivity contribution in [2.24, 2.45) is 0 Å². The van der Waals surface area contributed by atoms with Crippen molar-refractivity contribution in [1.29, 1.82) is 0 Å². The van der Waals surface area contributed by atoms with Gasteiger partial charge in [-0.25, -0.2) is 0 Å².